The van der Waals surface area contributed by atoms with Crippen LogP contribution in [0.2, 0.25) is 0 Å². The van der Waals surface area contributed by atoms with Gasteiger partial charge in [-0.3, -0.25) is 14.4 Å². The van der Waals surface area contributed by atoms with Gasteiger partial charge in [-0.15, -0.1) is 0 Å². The first-order chi connectivity index (χ1) is 33.5. The van der Waals surface area contributed by atoms with Crippen LogP contribution in [0.5, 0.6) is 0 Å². The van der Waals surface area contributed by atoms with Gasteiger partial charge in [-0.2, -0.15) is 0 Å². The molecule has 0 radical (unpaired) electrons. The van der Waals surface area contributed by atoms with Crippen molar-refractivity contribution in [2.75, 3.05) is 13.2 Å². The summed E-state index contributed by atoms with van der Waals surface area (Å²) in [5.41, 5.74) is 0. The molecule has 0 bridgehead atoms. The van der Waals surface area contributed by atoms with Crippen LogP contribution in [0.4, 0.5) is 0 Å². The zero-order valence-corrected chi connectivity index (χ0v) is 45.4. The van der Waals surface area contributed by atoms with Gasteiger partial charge in [0.05, 0.1) is 0 Å². The van der Waals surface area contributed by atoms with Crippen LogP contribution in [0.25, 0.3) is 0 Å². The lowest BCUT2D eigenvalue weighted by Gasteiger charge is -2.18. The second-order valence-corrected chi connectivity index (χ2v) is 19.9. The molecular formula is C62H112O6. The molecule has 0 aromatic rings. The van der Waals surface area contributed by atoms with Crippen LogP contribution in [0.15, 0.2) is 48.6 Å². The van der Waals surface area contributed by atoms with Crippen molar-refractivity contribution in [3.05, 3.63) is 48.6 Å². The summed E-state index contributed by atoms with van der Waals surface area (Å²) in [6.07, 6.45) is 69.9. The standard InChI is InChI=1S/C62H112O6/c1-4-7-10-13-16-18-20-22-24-26-28-30-31-32-34-35-37-39-41-43-46-49-52-55-61(64)67-58-59(57-66-60(63)54-51-48-45-15-12-9-6-3)68-62(65)56-53-50-47-44-42-40-38-36-33-29-27-25-23-21-19-17-14-11-8-5-2/h7,10,16,18,22,24,28,30,59H,4-6,8-9,11-15,17,19-21,23,25-27,29,31-58H2,1-3H3/b10-7-,18-16-,24-22-,30-28-. The summed E-state index contributed by atoms with van der Waals surface area (Å²) in [7, 11) is 0. The highest BCUT2D eigenvalue weighted by molar-refractivity contribution is 5.71. The van der Waals surface area contributed by atoms with E-state index in [0.29, 0.717) is 19.3 Å². The normalized spacial score (nSPS) is 12.3. The number of hydrogen-bond acceptors (Lipinski definition) is 6. The predicted molar refractivity (Wildman–Crippen MR) is 293 cm³/mol. The van der Waals surface area contributed by atoms with Gasteiger partial charge in [-0.1, -0.05) is 281 Å². The molecule has 0 amide bonds. The molecule has 68 heavy (non-hydrogen) atoms. The third kappa shape index (κ3) is 54.3. The Labute approximate surface area is 422 Å². The van der Waals surface area contributed by atoms with Crippen molar-refractivity contribution >= 4 is 17.9 Å². The van der Waals surface area contributed by atoms with Crippen molar-refractivity contribution < 1.29 is 28.6 Å². The molecule has 6 nitrogen and oxygen atoms in total. The molecule has 0 rings (SSSR count). The van der Waals surface area contributed by atoms with Gasteiger partial charge in [-0.25, -0.2) is 0 Å². The molecule has 0 aromatic heterocycles. The summed E-state index contributed by atoms with van der Waals surface area (Å²) in [6, 6.07) is 0. The zero-order chi connectivity index (χ0) is 49.3. The first kappa shape index (κ1) is 65.4. The van der Waals surface area contributed by atoms with Gasteiger partial charge in [-0.05, 0) is 57.8 Å². The fourth-order valence-corrected chi connectivity index (χ4v) is 8.67. The van der Waals surface area contributed by atoms with E-state index in [1.807, 2.05) is 0 Å². The molecule has 0 aliphatic carbocycles. The number of unbranched alkanes of at least 4 members (excludes halogenated alkanes) is 35. The molecule has 1 unspecified atom stereocenters. The van der Waals surface area contributed by atoms with Crippen molar-refractivity contribution in [2.24, 2.45) is 0 Å². The van der Waals surface area contributed by atoms with E-state index in [0.717, 1.165) is 83.5 Å². The molecule has 0 N–H and O–H groups in total. The van der Waals surface area contributed by atoms with Crippen molar-refractivity contribution in [3.63, 3.8) is 0 Å². The second kappa shape index (κ2) is 57.0. The molecule has 0 aliphatic rings. The summed E-state index contributed by atoms with van der Waals surface area (Å²) in [5.74, 6) is -0.865. The molecule has 0 aliphatic heterocycles. The van der Waals surface area contributed by atoms with E-state index in [-0.39, 0.29) is 31.1 Å². The molecule has 6 heteroatoms. The van der Waals surface area contributed by atoms with E-state index in [1.165, 1.54) is 186 Å². The number of carbonyl (C=O) groups excluding carboxylic acids is 3. The quantitative estimate of drug-likeness (QED) is 0.0262. The van der Waals surface area contributed by atoms with Gasteiger partial charge in [0, 0.05) is 19.3 Å². The Morgan fingerprint density at radius 2 is 0.574 bits per heavy atom. The lowest BCUT2D eigenvalue weighted by molar-refractivity contribution is -0.167. The SMILES string of the molecule is CC/C=C\C/C=C\C/C=C\C/C=C\CCCCCCCCCCCCC(=O)OCC(COC(=O)CCCCCCCCC)OC(=O)CCCCCCCCCCCCCCCCCCCCCC. The number of ether oxygens (including phenoxy) is 3. The van der Waals surface area contributed by atoms with Gasteiger partial charge < -0.3 is 14.2 Å². The minimum absolute atomic E-state index is 0.0705. The highest BCUT2D eigenvalue weighted by Gasteiger charge is 2.19. The lowest BCUT2D eigenvalue weighted by atomic mass is 10.0. The van der Waals surface area contributed by atoms with Crippen LogP contribution >= 0.6 is 0 Å². The minimum Gasteiger partial charge on any atom is -0.462 e. The number of rotatable bonds is 54. The fraction of sp³-hybridized carbons (Fsp3) is 0.823. The molecule has 0 heterocycles. The molecule has 0 spiro atoms. The Bertz CT molecular complexity index is 1190. The van der Waals surface area contributed by atoms with Gasteiger partial charge in [0.15, 0.2) is 6.10 Å². The van der Waals surface area contributed by atoms with Crippen LogP contribution in [0.3, 0.4) is 0 Å². The van der Waals surface area contributed by atoms with Gasteiger partial charge in [0.1, 0.15) is 13.2 Å². The summed E-state index contributed by atoms with van der Waals surface area (Å²) >= 11 is 0. The first-order valence-corrected chi connectivity index (χ1v) is 29.6. The minimum atomic E-state index is -0.769. The Balaban J connectivity index is 4.15. The molecule has 0 saturated carbocycles. The van der Waals surface area contributed by atoms with Crippen LogP contribution in [0, 0.1) is 0 Å². The van der Waals surface area contributed by atoms with Crippen LogP contribution < -0.4 is 0 Å². The van der Waals surface area contributed by atoms with E-state index in [2.05, 4.69) is 69.4 Å². The van der Waals surface area contributed by atoms with E-state index < -0.39 is 6.10 Å². The van der Waals surface area contributed by atoms with Crippen molar-refractivity contribution in [1.29, 1.82) is 0 Å². The summed E-state index contributed by atoms with van der Waals surface area (Å²) in [6.45, 7) is 6.52. The Morgan fingerprint density at radius 3 is 0.897 bits per heavy atom. The summed E-state index contributed by atoms with van der Waals surface area (Å²) in [4.78, 5) is 38.0. The van der Waals surface area contributed by atoms with E-state index in [9.17, 15) is 14.4 Å². The van der Waals surface area contributed by atoms with Gasteiger partial charge in [0.25, 0.3) is 0 Å². The maximum atomic E-state index is 12.8. The third-order valence-electron chi connectivity index (χ3n) is 13.1. The topological polar surface area (TPSA) is 78.9 Å². The van der Waals surface area contributed by atoms with Crippen molar-refractivity contribution in [1.82, 2.24) is 0 Å². The Kier molecular flexibility index (Phi) is 54.8. The predicted octanol–water partition coefficient (Wildman–Crippen LogP) is 19.8. The fourth-order valence-electron chi connectivity index (χ4n) is 8.67. The molecular weight excluding hydrogens is 841 g/mol. The molecule has 1 atom stereocenters. The van der Waals surface area contributed by atoms with Crippen molar-refractivity contribution in [2.45, 2.75) is 316 Å². The van der Waals surface area contributed by atoms with Gasteiger partial charge >= 0.3 is 17.9 Å². The summed E-state index contributed by atoms with van der Waals surface area (Å²) < 4.78 is 16.8. The first-order valence-electron chi connectivity index (χ1n) is 29.6. The van der Waals surface area contributed by atoms with Crippen LogP contribution in [0.1, 0.15) is 310 Å². The molecule has 0 saturated heterocycles. The number of carbonyl (C=O) groups is 3. The van der Waals surface area contributed by atoms with E-state index in [1.54, 1.807) is 0 Å². The largest absolute Gasteiger partial charge is 0.462 e. The molecule has 0 aromatic carbocycles. The number of allylic oxidation sites excluding steroid dienone is 8. The van der Waals surface area contributed by atoms with Crippen molar-refractivity contribution in [3.8, 4) is 0 Å². The number of esters is 3. The highest BCUT2D eigenvalue weighted by atomic mass is 16.6. The maximum Gasteiger partial charge on any atom is 0.306 e. The average Bonchev–Trinajstić information content (AvgIpc) is 3.34. The average molecular weight is 954 g/mol. The van der Waals surface area contributed by atoms with Gasteiger partial charge in [0.2, 0.25) is 0 Å². The van der Waals surface area contributed by atoms with E-state index >= 15 is 0 Å². The second-order valence-electron chi connectivity index (χ2n) is 19.9. The smallest absolute Gasteiger partial charge is 0.306 e. The Morgan fingerprint density at radius 1 is 0.309 bits per heavy atom. The highest BCUT2D eigenvalue weighted by Crippen LogP contribution is 2.17. The molecule has 0 fully saturated rings. The third-order valence-corrected chi connectivity index (χ3v) is 13.1. The van der Waals surface area contributed by atoms with Crippen LogP contribution in [-0.4, -0.2) is 37.2 Å². The van der Waals surface area contributed by atoms with Crippen LogP contribution in [-0.2, 0) is 28.6 Å². The van der Waals surface area contributed by atoms with E-state index in [4.69, 9.17) is 14.2 Å². The Hall–Kier alpha value is -2.63. The lowest BCUT2D eigenvalue weighted by Crippen LogP contribution is -2.30. The summed E-state index contributed by atoms with van der Waals surface area (Å²) in [5, 5.41) is 0. The zero-order valence-electron chi connectivity index (χ0n) is 45.4. The molecule has 396 valence electrons. The number of hydrogen-bond donors (Lipinski definition) is 0. The maximum absolute atomic E-state index is 12.8. The monoisotopic (exact) mass is 953 g/mol.